The van der Waals surface area contributed by atoms with Gasteiger partial charge in [0.25, 0.3) is 5.91 Å². The second kappa shape index (κ2) is 12.6. The van der Waals surface area contributed by atoms with E-state index in [1.807, 2.05) is 25.1 Å². The lowest BCUT2D eigenvalue weighted by Gasteiger charge is -2.11. The highest BCUT2D eigenvalue weighted by atomic mass is 79.9. The minimum Gasteiger partial charge on any atom is -0.493 e. The van der Waals surface area contributed by atoms with Crippen LogP contribution in [0.3, 0.4) is 0 Å². The number of para-hydroxylation sites is 2. The van der Waals surface area contributed by atoms with Gasteiger partial charge in [-0.1, -0.05) is 28.1 Å². The summed E-state index contributed by atoms with van der Waals surface area (Å²) in [5.74, 6) is 0.314. The Hall–Kier alpha value is -3.85. The predicted molar refractivity (Wildman–Crippen MR) is 136 cm³/mol. The first-order chi connectivity index (χ1) is 16.8. The third-order valence-electron chi connectivity index (χ3n) is 4.80. The zero-order valence-corrected chi connectivity index (χ0v) is 20.9. The van der Waals surface area contributed by atoms with Gasteiger partial charge in [0.1, 0.15) is 5.75 Å². The van der Waals surface area contributed by atoms with Gasteiger partial charge in [0.15, 0.2) is 18.1 Å². The van der Waals surface area contributed by atoms with Gasteiger partial charge < -0.3 is 24.8 Å². The molecule has 2 N–H and O–H groups in total. The van der Waals surface area contributed by atoms with Crippen LogP contribution in [0.5, 0.6) is 17.2 Å². The van der Waals surface area contributed by atoms with Crippen LogP contribution in [-0.2, 0) is 19.1 Å². The zero-order chi connectivity index (χ0) is 25.2. The van der Waals surface area contributed by atoms with E-state index in [0.717, 1.165) is 10.0 Å². The van der Waals surface area contributed by atoms with Crippen molar-refractivity contribution in [3.63, 3.8) is 0 Å². The minimum absolute atomic E-state index is 0.0776. The molecule has 35 heavy (non-hydrogen) atoms. The van der Waals surface area contributed by atoms with E-state index in [9.17, 15) is 14.4 Å². The number of anilines is 2. The Bertz CT molecular complexity index is 1200. The summed E-state index contributed by atoms with van der Waals surface area (Å²) >= 11 is 3.39. The first-order valence-electron chi connectivity index (χ1n) is 10.8. The van der Waals surface area contributed by atoms with Crippen molar-refractivity contribution < 1.29 is 28.6 Å². The fourth-order valence-corrected chi connectivity index (χ4v) is 3.26. The molecule has 8 nitrogen and oxygen atoms in total. The highest BCUT2D eigenvalue weighted by Gasteiger charge is 2.12. The van der Waals surface area contributed by atoms with Crippen molar-refractivity contribution in [1.29, 1.82) is 0 Å². The van der Waals surface area contributed by atoms with Gasteiger partial charge in [-0.3, -0.25) is 14.4 Å². The summed E-state index contributed by atoms with van der Waals surface area (Å²) in [6.45, 7) is 1.47. The summed E-state index contributed by atoms with van der Waals surface area (Å²) in [5, 5.41) is 5.36. The Morgan fingerprint density at radius 2 is 1.49 bits per heavy atom. The van der Waals surface area contributed by atoms with Crippen LogP contribution in [0, 0.1) is 6.92 Å². The van der Waals surface area contributed by atoms with E-state index in [4.69, 9.17) is 14.2 Å². The van der Waals surface area contributed by atoms with Crippen molar-refractivity contribution in [2.75, 3.05) is 24.4 Å². The highest BCUT2D eigenvalue weighted by Crippen LogP contribution is 2.31. The Kier molecular flexibility index (Phi) is 9.25. The molecule has 0 aliphatic heterocycles. The van der Waals surface area contributed by atoms with E-state index in [-0.39, 0.29) is 18.7 Å². The molecule has 3 aromatic carbocycles. The van der Waals surface area contributed by atoms with Gasteiger partial charge in [-0.25, -0.2) is 0 Å². The Morgan fingerprint density at radius 1 is 0.829 bits per heavy atom. The van der Waals surface area contributed by atoms with Gasteiger partial charge in [0, 0.05) is 22.3 Å². The number of esters is 1. The molecule has 9 heteroatoms. The first kappa shape index (κ1) is 25.8. The Labute approximate surface area is 211 Å². The third kappa shape index (κ3) is 8.15. The van der Waals surface area contributed by atoms with Crippen LogP contribution in [0.4, 0.5) is 11.4 Å². The number of carbonyl (C=O) groups excluding carboxylic acids is 3. The number of benzene rings is 3. The van der Waals surface area contributed by atoms with Gasteiger partial charge >= 0.3 is 5.97 Å². The van der Waals surface area contributed by atoms with Crippen LogP contribution in [-0.4, -0.2) is 31.5 Å². The van der Waals surface area contributed by atoms with Gasteiger partial charge in [-0.05, 0) is 67.1 Å². The quantitative estimate of drug-likeness (QED) is 0.331. The molecule has 3 aromatic rings. The maximum Gasteiger partial charge on any atom is 0.306 e. The standard InChI is InChI=1S/C26H25BrN2O6/c1-17-15-19(9-12-21(17)27)29-25(31)16-34-26(32)14-13-24(30)28-18-7-10-20(11-8-18)35-23-6-4-3-5-22(23)33-2/h3-12,15H,13-14,16H2,1-2H3,(H,28,30)(H,29,31). The second-order valence-corrected chi connectivity index (χ2v) is 8.35. The molecule has 182 valence electrons. The maximum absolute atomic E-state index is 12.2. The second-order valence-electron chi connectivity index (χ2n) is 7.50. The summed E-state index contributed by atoms with van der Waals surface area (Å²) in [5.41, 5.74) is 2.12. The molecule has 0 spiro atoms. The van der Waals surface area contributed by atoms with Crippen molar-refractivity contribution in [3.8, 4) is 17.2 Å². The molecule has 0 fully saturated rings. The number of hydrogen-bond donors (Lipinski definition) is 2. The summed E-state index contributed by atoms with van der Waals surface area (Å²) < 4.78 is 16.9. The number of hydrogen-bond acceptors (Lipinski definition) is 6. The fraction of sp³-hybridized carbons (Fsp3) is 0.192. The van der Waals surface area contributed by atoms with E-state index in [0.29, 0.717) is 28.6 Å². The van der Waals surface area contributed by atoms with Crippen molar-refractivity contribution in [2.24, 2.45) is 0 Å². The summed E-state index contributed by atoms with van der Waals surface area (Å²) in [6, 6.07) is 19.4. The van der Waals surface area contributed by atoms with E-state index in [1.54, 1.807) is 55.6 Å². The van der Waals surface area contributed by atoms with Crippen LogP contribution in [0.25, 0.3) is 0 Å². The van der Waals surface area contributed by atoms with E-state index in [1.165, 1.54) is 0 Å². The number of amides is 2. The molecule has 0 radical (unpaired) electrons. The lowest BCUT2D eigenvalue weighted by molar-refractivity contribution is -0.147. The molecule has 2 amide bonds. The molecule has 0 heterocycles. The summed E-state index contributed by atoms with van der Waals surface area (Å²) in [6.07, 6.45) is -0.225. The zero-order valence-electron chi connectivity index (χ0n) is 19.3. The third-order valence-corrected chi connectivity index (χ3v) is 5.69. The molecule has 0 aliphatic carbocycles. The maximum atomic E-state index is 12.2. The fourth-order valence-electron chi connectivity index (χ4n) is 3.01. The SMILES string of the molecule is COc1ccccc1Oc1ccc(NC(=O)CCC(=O)OCC(=O)Nc2ccc(Br)c(C)c2)cc1. The number of nitrogens with one attached hydrogen (secondary N) is 2. The van der Waals surface area contributed by atoms with Gasteiger partial charge in [-0.2, -0.15) is 0 Å². The van der Waals surface area contributed by atoms with Crippen LogP contribution in [0.2, 0.25) is 0 Å². The average molecular weight is 541 g/mol. The summed E-state index contributed by atoms with van der Waals surface area (Å²) in [7, 11) is 1.57. The summed E-state index contributed by atoms with van der Waals surface area (Å²) in [4.78, 5) is 36.1. The number of methoxy groups -OCH3 is 1. The van der Waals surface area contributed by atoms with Gasteiger partial charge in [0.05, 0.1) is 13.5 Å². The number of rotatable bonds is 10. The van der Waals surface area contributed by atoms with Crippen molar-refractivity contribution >= 4 is 45.1 Å². The monoisotopic (exact) mass is 540 g/mol. The van der Waals surface area contributed by atoms with Crippen LogP contribution in [0.1, 0.15) is 18.4 Å². The van der Waals surface area contributed by atoms with Crippen molar-refractivity contribution in [3.05, 3.63) is 76.8 Å². The number of ether oxygens (including phenoxy) is 3. The first-order valence-corrected chi connectivity index (χ1v) is 11.6. The topological polar surface area (TPSA) is 103 Å². The molecule has 0 unspecified atom stereocenters. The van der Waals surface area contributed by atoms with Crippen molar-refractivity contribution in [1.82, 2.24) is 0 Å². The Morgan fingerprint density at radius 3 is 2.17 bits per heavy atom. The van der Waals surface area contributed by atoms with Crippen LogP contribution in [0.15, 0.2) is 71.2 Å². The van der Waals surface area contributed by atoms with Crippen molar-refractivity contribution in [2.45, 2.75) is 19.8 Å². The Balaban J connectivity index is 1.38. The van der Waals surface area contributed by atoms with E-state index >= 15 is 0 Å². The smallest absolute Gasteiger partial charge is 0.306 e. The average Bonchev–Trinajstić information content (AvgIpc) is 2.85. The minimum atomic E-state index is -0.636. The van der Waals surface area contributed by atoms with Crippen LogP contribution < -0.4 is 20.1 Å². The lowest BCUT2D eigenvalue weighted by Crippen LogP contribution is -2.21. The van der Waals surface area contributed by atoms with Gasteiger partial charge in [-0.15, -0.1) is 0 Å². The highest BCUT2D eigenvalue weighted by molar-refractivity contribution is 9.10. The molecule has 0 aliphatic rings. The molecular weight excluding hydrogens is 516 g/mol. The molecule has 0 saturated carbocycles. The molecule has 0 saturated heterocycles. The molecule has 3 rings (SSSR count). The number of halogens is 1. The largest absolute Gasteiger partial charge is 0.493 e. The molecule has 0 atom stereocenters. The molecular formula is C26H25BrN2O6. The number of carbonyl (C=O) groups is 3. The van der Waals surface area contributed by atoms with E-state index in [2.05, 4.69) is 26.6 Å². The normalized spacial score (nSPS) is 10.3. The van der Waals surface area contributed by atoms with Gasteiger partial charge in [0.2, 0.25) is 5.91 Å². The number of aryl methyl sites for hydroxylation is 1. The molecule has 0 aromatic heterocycles. The molecule has 0 bridgehead atoms. The van der Waals surface area contributed by atoms with E-state index < -0.39 is 18.5 Å². The predicted octanol–water partition coefficient (Wildman–Crippen LogP) is 5.46. The van der Waals surface area contributed by atoms with Crippen LogP contribution >= 0.6 is 15.9 Å². The lowest BCUT2D eigenvalue weighted by atomic mass is 10.2.